The average molecular weight is 288 g/mol. The highest BCUT2D eigenvalue weighted by Gasteiger charge is 2.15. The number of nitrogens with zero attached hydrogens (tertiary/aromatic N) is 1. The molecule has 2 aromatic rings. The van der Waals surface area contributed by atoms with Gasteiger partial charge >= 0.3 is 0 Å². The number of hydrogen-bond donors (Lipinski definition) is 2. The molecule has 0 atom stereocenters. The van der Waals surface area contributed by atoms with Crippen molar-refractivity contribution in [2.24, 2.45) is 0 Å². The van der Waals surface area contributed by atoms with E-state index in [1.54, 1.807) is 12.1 Å². The van der Waals surface area contributed by atoms with Crippen LogP contribution in [0.2, 0.25) is 5.02 Å². The Balaban J connectivity index is 2.27. The summed E-state index contributed by atoms with van der Waals surface area (Å²) in [6, 6.07) is 4.61. The number of methoxy groups -OCH3 is 1. The molecule has 0 bridgehead atoms. The largest absolute Gasteiger partial charge is 0.495 e. The zero-order chi connectivity index (χ0) is 13.2. The second kappa shape index (κ2) is 4.87. The zero-order valence-electron chi connectivity index (χ0n) is 9.34. The molecule has 18 heavy (non-hydrogen) atoms. The zero-order valence-corrected chi connectivity index (χ0v) is 10.9. The summed E-state index contributed by atoms with van der Waals surface area (Å²) in [4.78, 5) is 0.0504. The number of halogens is 1. The van der Waals surface area contributed by atoms with Crippen LogP contribution in [0.1, 0.15) is 0 Å². The number of sulfonamides is 1. The molecule has 0 saturated heterocycles. The topological polar surface area (TPSA) is 84.1 Å². The van der Waals surface area contributed by atoms with Gasteiger partial charge in [-0.05, 0) is 18.2 Å². The van der Waals surface area contributed by atoms with Crippen LogP contribution in [0, 0.1) is 0 Å². The molecule has 2 N–H and O–H groups in total. The van der Waals surface area contributed by atoms with E-state index in [1.807, 2.05) is 0 Å². The van der Waals surface area contributed by atoms with Gasteiger partial charge in [-0.1, -0.05) is 11.6 Å². The van der Waals surface area contributed by atoms with Gasteiger partial charge in [-0.15, -0.1) is 0 Å². The van der Waals surface area contributed by atoms with Crippen LogP contribution in [0.5, 0.6) is 5.75 Å². The second-order valence-corrected chi connectivity index (χ2v) is 5.48. The molecule has 0 aliphatic carbocycles. The molecule has 1 aromatic carbocycles. The Labute approximate surface area is 109 Å². The molecule has 0 saturated carbocycles. The fourth-order valence-electron chi connectivity index (χ4n) is 1.33. The van der Waals surface area contributed by atoms with Gasteiger partial charge < -0.3 is 4.74 Å². The predicted octanol–water partition coefficient (Wildman–Crippen LogP) is 1.87. The molecule has 6 nitrogen and oxygen atoms in total. The molecule has 0 spiro atoms. The Morgan fingerprint density at radius 1 is 1.44 bits per heavy atom. The van der Waals surface area contributed by atoms with E-state index in [-0.39, 0.29) is 4.90 Å². The Bertz CT molecular complexity index is 640. The van der Waals surface area contributed by atoms with E-state index in [2.05, 4.69) is 14.9 Å². The maximum absolute atomic E-state index is 11.9. The highest BCUT2D eigenvalue weighted by atomic mass is 35.5. The molecule has 0 amide bonds. The first kappa shape index (κ1) is 12.7. The third-order valence-electron chi connectivity index (χ3n) is 2.19. The molecule has 8 heteroatoms. The van der Waals surface area contributed by atoms with Crippen LogP contribution in [0.25, 0.3) is 0 Å². The average Bonchev–Trinajstić information content (AvgIpc) is 2.82. The van der Waals surface area contributed by atoms with E-state index >= 15 is 0 Å². The van der Waals surface area contributed by atoms with Gasteiger partial charge in [0.15, 0.2) is 0 Å². The number of aromatic amines is 1. The highest BCUT2D eigenvalue weighted by Crippen LogP contribution is 2.28. The molecule has 1 aromatic heterocycles. The van der Waals surface area contributed by atoms with Gasteiger partial charge in [0.05, 0.1) is 24.0 Å². The van der Waals surface area contributed by atoms with Crippen LogP contribution in [-0.2, 0) is 10.0 Å². The summed E-state index contributed by atoms with van der Waals surface area (Å²) in [5.74, 6) is 0.475. The molecule has 96 valence electrons. The standard InChI is InChI=1S/C10H10ClN3O3S/c1-17-10-3-2-7(4-9(10)11)14-18(15,16)8-5-12-13-6-8/h2-6,14H,1H3,(H,12,13). The molecule has 2 rings (SSSR count). The van der Waals surface area contributed by atoms with Crippen molar-refractivity contribution >= 4 is 27.3 Å². The number of rotatable bonds is 4. The summed E-state index contributed by atoms with van der Waals surface area (Å²) in [5.41, 5.74) is 0.349. The van der Waals surface area contributed by atoms with Gasteiger partial charge in [0.2, 0.25) is 0 Å². The first-order valence-corrected chi connectivity index (χ1v) is 6.74. The first-order chi connectivity index (χ1) is 8.53. The van der Waals surface area contributed by atoms with Crippen LogP contribution in [-0.4, -0.2) is 25.7 Å². The molecule has 0 aliphatic heterocycles. The van der Waals surface area contributed by atoms with Crippen molar-refractivity contribution in [3.05, 3.63) is 35.6 Å². The van der Waals surface area contributed by atoms with Crippen molar-refractivity contribution < 1.29 is 13.2 Å². The van der Waals surface area contributed by atoms with Gasteiger partial charge in [0, 0.05) is 6.20 Å². The minimum Gasteiger partial charge on any atom is -0.495 e. The molecular weight excluding hydrogens is 278 g/mol. The van der Waals surface area contributed by atoms with Crippen LogP contribution in [0.4, 0.5) is 5.69 Å². The smallest absolute Gasteiger partial charge is 0.265 e. The Morgan fingerprint density at radius 2 is 2.22 bits per heavy atom. The van der Waals surface area contributed by atoms with E-state index in [0.29, 0.717) is 16.5 Å². The fraction of sp³-hybridized carbons (Fsp3) is 0.100. The summed E-state index contributed by atoms with van der Waals surface area (Å²) < 4.78 is 31.1. The monoisotopic (exact) mass is 287 g/mol. The van der Waals surface area contributed by atoms with Gasteiger partial charge in [0.25, 0.3) is 10.0 Å². The van der Waals surface area contributed by atoms with Crippen LogP contribution in [0.3, 0.4) is 0 Å². The summed E-state index contributed by atoms with van der Waals surface area (Å²) >= 11 is 5.90. The van der Waals surface area contributed by atoms with E-state index in [4.69, 9.17) is 16.3 Å². The number of ether oxygens (including phenoxy) is 1. The Morgan fingerprint density at radius 3 is 2.78 bits per heavy atom. The van der Waals surface area contributed by atoms with E-state index < -0.39 is 10.0 Å². The van der Waals surface area contributed by atoms with Crippen LogP contribution < -0.4 is 9.46 Å². The summed E-state index contributed by atoms with van der Waals surface area (Å²) in [6.45, 7) is 0. The lowest BCUT2D eigenvalue weighted by Gasteiger charge is -2.08. The Hall–Kier alpha value is -1.73. The number of H-pyrrole nitrogens is 1. The lowest BCUT2D eigenvalue weighted by Crippen LogP contribution is -2.12. The number of aromatic nitrogens is 2. The van der Waals surface area contributed by atoms with E-state index in [0.717, 1.165) is 0 Å². The third-order valence-corrected chi connectivity index (χ3v) is 3.83. The fourth-order valence-corrected chi connectivity index (χ4v) is 2.54. The minimum absolute atomic E-state index is 0.0504. The molecule has 1 heterocycles. The van der Waals surface area contributed by atoms with Crippen molar-refractivity contribution in [1.82, 2.24) is 10.2 Å². The van der Waals surface area contributed by atoms with Gasteiger partial charge in [-0.2, -0.15) is 5.10 Å². The number of anilines is 1. The van der Waals surface area contributed by atoms with Gasteiger partial charge in [0.1, 0.15) is 10.6 Å². The van der Waals surface area contributed by atoms with Crippen LogP contribution in [0.15, 0.2) is 35.5 Å². The number of hydrogen-bond acceptors (Lipinski definition) is 4. The lowest BCUT2D eigenvalue weighted by molar-refractivity contribution is 0.415. The van der Waals surface area contributed by atoms with E-state index in [9.17, 15) is 8.42 Å². The van der Waals surface area contributed by atoms with Gasteiger partial charge in [-0.25, -0.2) is 8.42 Å². The molecule has 0 fully saturated rings. The summed E-state index contributed by atoms with van der Waals surface area (Å²) in [7, 11) is -2.17. The SMILES string of the molecule is COc1ccc(NS(=O)(=O)c2cn[nH]c2)cc1Cl. The van der Waals surface area contributed by atoms with Crippen molar-refractivity contribution in [3.63, 3.8) is 0 Å². The quantitative estimate of drug-likeness (QED) is 0.899. The Kier molecular flexibility index (Phi) is 3.44. The van der Waals surface area contributed by atoms with Crippen molar-refractivity contribution in [2.75, 3.05) is 11.8 Å². The van der Waals surface area contributed by atoms with Crippen molar-refractivity contribution in [2.45, 2.75) is 4.90 Å². The van der Waals surface area contributed by atoms with E-state index in [1.165, 1.54) is 25.6 Å². The van der Waals surface area contributed by atoms with Crippen molar-refractivity contribution in [1.29, 1.82) is 0 Å². The molecule has 0 radical (unpaired) electrons. The lowest BCUT2D eigenvalue weighted by atomic mass is 10.3. The third kappa shape index (κ3) is 2.57. The normalized spacial score (nSPS) is 11.2. The molecule has 0 unspecified atom stereocenters. The summed E-state index contributed by atoms with van der Waals surface area (Å²) in [5, 5.41) is 6.34. The minimum atomic E-state index is -3.65. The van der Waals surface area contributed by atoms with Crippen LogP contribution >= 0.6 is 11.6 Å². The molecular formula is C10H10ClN3O3S. The first-order valence-electron chi connectivity index (χ1n) is 4.88. The second-order valence-electron chi connectivity index (χ2n) is 3.39. The summed E-state index contributed by atoms with van der Waals surface area (Å²) in [6.07, 6.45) is 2.50. The number of nitrogens with one attached hydrogen (secondary N) is 2. The van der Waals surface area contributed by atoms with Gasteiger partial charge in [-0.3, -0.25) is 9.82 Å². The maximum atomic E-state index is 11.9. The highest BCUT2D eigenvalue weighted by molar-refractivity contribution is 7.92. The molecule has 0 aliphatic rings. The number of benzene rings is 1. The maximum Gasteiger partial charge on any atom is 0.265 e. The predicted molar refractivity (Wildman–Crippen MR) is 67.4 cm³/mol. The van der Waals surface area contributed by atoms with Crippen molar-refractivity contribution in [3.8, 4) is 5.75 Å².